The van der Waals surface area contributed by atoms with Crippen LogP contribution in [0.5, 0.6) is 0 Å². The van der Waals surface area contributed by atoms with Crippen molar-refractivity contribution in [3.8, 4) is 0 Å². The number of hydrogen-bond acceptors (Lipinski definition) is 3. The maximum atomic E-state index is 12.7. The van der Waals surface area contributed by atoms with Crippen molar-refractivity contribution in [3.63, 3.8) is 0 Å². The molecule has 5 heteroatoms. The van der Waals surface area contributed by atoms with Crippen LogP contribution in [0, 0.1) is 5.92 Å². The Morgan fingerprint density at radius 2 is 1.83 bits per heavy atom. The lowest BCUT2D eigenvalue weighted by atomic mass is 9.99. The van der Waals surface area contributed by atoms with Gasteiger partial charge in [0.05, 0.1) is 11.3 Å². The number of amides is 2. The highest BCUT2D eigenvalue weighted by Gasteiger charge is 2.17. The fraction of sp³-hybridized carbons (Fsp3) is 0.417. The first-order valence-electron chi connectivity index (χ1n) is 10.6. The number of nitrogens with zero attached hydrogens (tertiary/aromatic N) is 1. The zero-order valence-electron chi connectivity index (χ0n) is 17.4. The van der Waals surface area contributed by atoms with Crippen molar-refractivity contribution >= 4 is 17.5 Å². The molecule has 1 heterocycles. The van der Waals surface area contributed by atoms with Crippen LogP contribution in [0.2, 0.25) is 0 Å². The van der Waals surface area contributed by atoms with Gasteiger partial charge in [-0.3, -0.25) is 14.5 Å². The highest BCUT2D eigenvalue weighted by molar-refractivity contribution is 6.09. The quantitative estimate of drug-likeness (QED) is 0.737. The fourth-order valence-corrected chi connectivity index (χ4v) is 3.77. The molecule has 154 valence electrons. The molecule has 0 unspecified atom stereocenters. The average Bonchev–Trinajstić information content (AvgIpc) is 2.73. The molecule has 0 aromatic heterocycles. The first-order valence-corrected chi connectivity index (χ1v) is 10.6. The fourth-order valence-electron chi connectivity index (χ4n) is 3.77. The molecule has 0 spiro atoms. The summed E-state index contributed by atoms with van der Waals surface area (Å²) >= 11 is 0. The van der Waals surface area contributed by atoms with Crippen LogP contribution in [-0.2, 0) is 6.54 Å². The minimum absolute atomic E-state index is 0.172. The summed E-state index contributed by atoms with van der Waals surface area (Å²) in [6, 6.07) is 14.9. The monoisotopic (exact) mass is 393 g/mol. The molecule has 2 aromatic rings. The molecule has 5 nitrogen and oxygen atoms in total. The van der Waals surface area contributed by atoms with Gasteiger partial charge in [-0.2, -0.15) is 0 Å². The number of likely N-dealkylation sites (tertiary alicyclic amines) is 1. The van der Waals surface area contributed by atoms with E-state index >= 15 is 0 Å². The van der Waals surface area contributed by atoms with Crippen LogP contribution in [0.3, 0.4) is 0 Å². The molecule has 0 bridgehead atoms. The van der Waals surface area contributed by atoms with Crippen LogP contribution in [0.4, 0.5) is 5.69 Å². The van der Waals surface area contributed by atoms with Gasteiger partial charge in [-0.05, 0) is 61.6 Å². The molecule has 3 rings (SSSR count). The van der Waals surface area contributed by atoms with Gasteiger partial charge in [0, 0.05) is 25.2 Å². The predicted molar refractivity (Wildman–Crippen MR) is 117 cm³/mol. The smallest absolute Gasteiger partial charge is 0.255 e. The van der Waals surface area contributed by atoms with E-state index in [1.165, 1.54) is 18.4 Å². The highest BCUT2D eigenvalue weighted by Crippen LogP contribution is 2.19. The summed E-state index contributed by atoms with van der Waals surface area (Å²) in [7, 11) is 0. The Balaban J connectivity index is 1.63. The second-order valence-electron chi connectivity index (χ2n) is 7.94. The average molecular weight is 394 g/mol. The predicted octanol–water partition coefficient (Wildman–Crippen LogP) is 4.31. The summed E-state index contributed by atoms with van der Waals surface area (Å²) in [4.78, 5) is 27.5. The van der Waals surface area contributed by atoms with Gasteiger partial charge >= 0.3 is 0 Å². The first-order chi connectivity index (χ1) is 14.1. The summed E-state index contributed by atoms with van der Waals surface area (Å²) in [5, 5.41) is 5.74. The van der Waals surface area contributed by atoms with E-state index < -0.39 is 0 Å². The summed E-state index contributed by atoms with van der Waals surface area (Å²) in [6.07, 6.45) is 3.43. The van der Waals surface area contributed by atoms with Gasteiger partial charge in [0.2, 0.25) is 0 Å². The van der Waals surface area contributed by atoms with Crippen molar-refractivity contribution < 1.29 is 9.59 Å². The van der Waals surface area contributed by atoms with E-state index in [4.69, 9.17) is 0 Å². The van der Waals surface area contributed by atoms with Gasteiger partial charge in [0.25, 0.3) is 11.8 Å². The number of rotatable bonds is 7. The molecule has 0 radical (unpaired) electrons. The number of carbonyl (C=O) groups is 2. The van der Waals surface area contributed by atoms with Crippen LogP contribution in [0.1, 0.15) is 59.4 Å². The van der Waals surface area contributed by atoms with E-state index in [0.717, 1.165) is 32.0 Å². The van der Waals surface area contributed by atoms with E-state index in [0.29, 0.717) is 23.4 Å². The van der Waals surface area contributed by atoms with Crippen LogP contribution >= 0.6 is 0 Å². The molecule has 1 atom stereocenters. The Morgan fingerprint density at radius 1 is 1.07 bits per heavy atom. The number of hydrogen-bond donors (Lipinski definition) is 2. The van der Waals surface area contributed by atoms with Crippen molar-refractivity contribution in [3.05, 3.63) is 65.2 Å². The first kappa shape index (κ1) is 21.1. The lowest BCUT2D eigenvalue weighted by Gasteiger charge is -2.30. The summed E-state index contributed by atoms with van der Waals surface area (Å²) in [5.74, 6) is 0.371. The number of nitrogens with one attached hydrogen (secondary N) is 2. The SMILES string of the molecule is CCCNC(=O)c1ccccc1NC(=O)c1ccc(CN2CCC[C@@H](C)C2)cc1. The van der Waals surface area contributed by atoms with Crippen molar-refractivity contribution in [1.82, 2.24) is 10.2 Å². The maximum absolute atomic E-state index is 12.7. The van der Waals surface area contributed by atoms with E-state index in [1.54, 1.807) is 18.2 Å². The van der Waals surface area contributed by atoms with E-state index in [9.17, 15) is 9.59 Å². The van der Waals surface area contributed by atoms with Gasteiger partial charge < -0.3 is 10.6 Å². The number of carbonyl (C=O) groups excluding carboxylic acids is 2. The standard InChI is InChI=1S/C24H31N3O2/c1-3-14-25-24(29)21-8-4-5-9-22(21)26-23(28)20-12-10-19(11-13-20)17-27-15-6-7-18(2)16-27/h4-5,8-13,18H,3,6-7,14-17H2,1-2H3,(H,25,29)(H,26,28)/t18-/m1/s1. The Bertz CT molecular complexity index is 832. The molecule has 1 fully saturated rings. The Morgan fingerprint density at radius 3 is 2.55 bits per heavy atom. The Kier molecular flexibility index (Phi) is 7.42. The molecule has 0 saturated carbocycles. The lowest BCUT2D eigenvalue weighted by molar-refractivity contribution is 0.0954. The van der Waals surface area contributed by atoms with E-state index in [2.05, 4.69) is 22.5 Å². The molecule has 29 heavy (non-hydrogen) atoms. The molecule has 1 saturated heterocycles. The van der Waals surface area contributed by atoms with Crippen molar-refractivity contribution in [2.75, 3.05) is 25.0 Å². The van der Waals surface area contributed by atoms with Gasteiger partial charge in [-0.25, -0.2) is 0 Å². The topological polar surface area (TPSA) is 61.4 Å². The van der Waals surface area contributed by atoms with Gasteiger partial charge in [-0.1, -0.05) is 38.1 Å². The Hall–Kier alpha value is -2.66. The molecule has 2 amide bonds. The summed E-state index contributed by atoms with van der Waals surface area (Å²) < 4.78 is 0. The summed E-state index contributed by atoms with van der Waals surface area (Å²) in [6.45, 7) is 8.12. The number of anilines is 1. The molecule has 2 N–H and O–H groups in total. The largest absolute Gasteiger partial charge is 0.352 e. The normalized spacial score (nSPS) is 17.0. The third-order valence-corrected chi connectivity index (χ3v) is 5.32. The third-order valence-electron chi connectivity index (χ3n) is 5.32. The maximum Gasteiger partial charge on any atom is 0.255 e. The van der Waals surface area contributed by atoms with Crippen molar-refractivity contribution in [2.45, 2.75) is 39.7 Å². The molecular formula is C24H31N3O2. The van der Waals surface area contributed by atoms with Gasteiger partial charge in [0.15, 0.2) is 0 Å². The van der Waals surface area contributed by atoms with Crippen LogP contribution in [0.15, 0.2) is 48.5 Å². The zero-order chi connectivity index (χ0) is 20.6. The minimum atomic E-state index is -0.209. The molecule has 2 aromatic carbocycles. The number of piperidine rings is 1. The van der Waals surface area contributed by atoms with Gasteiger partial charge in [-0.15, -0.1) is 0 Å². The van der Waals surface area contributed by atoms with Crippen LogP contribution in [0.25, 0.3) is 0 Å². The molecule has 1 aliphatic rings. The third kappa shape index (κ3) is 5.91. The lowest BCUT2D eigenvalue weighted by Crippen LogP contribution is -2.33. The zero-order valence-corrected chi connectivity index (χ0v) is 17.4. The van der Waals surface area contributed by atoms with E-state index in [1.807, 2.05) is 37.3 Å². The summed E-state index contributed by atoms with van der Waals surface area (Å²) in [5.41, 5.74) is 2.81. The minimum Gasteiger partial charge on any atom is -0.352 e. The van der Waals surface area contributed by atoms with E-state index in [-0.39, 0.29) is 11.8 Å². The number of benzene rings is 2. The highest BCUT2D eigenvalue weighted by atomic mass is 16.2. The van der Waals surface area contributed by atoms with Crippen LogP contribution < -0.4 is 10.6 Å². The van der Waals surface area contributed by atoms with Gasteiger partial charge in [0.1, 0.15) is 0 Å². The van der Waals surface area contributed by atoms with Crippen molar-refractivity contribution in [2.24, 2.45) is 5.92 Å². The second kappa shape index (κ2) is 10.2. The van der Waals surface area contributed by atoms with Crippen LogP contribution in [-0.4, -0.2) is 36.3 Å². The second-order valence-corrected chi connectivity index (χ2v) is 7.94. The van der Waals surface area contributed by atoms with Crippen molar-refractivity contribution in [1.29, 1.82) is 0 Å². The molecule has 0 aliphatic carbocycles. The Labute approximate surface area is 173 Å². The molecular weight excluding hydrogens is 362 g/mol. The molecule has 1 aliphatic heterocycles. The number of para-hydroxylation sites is 1.